The highest BCUT2D eigenvalue weighted by Crippen LogP contribution is 2.33. The van der Waals surface area contributed by atoms with Crippen LogP contribution in [0.15, 0.2) is 42.5 Å². The molecular weight excluding hydrogens is 300 g/mol. The number of hydrogen-bond donors (Lipinski definition) is 0. The molecular formula is C21H26O3. The van der Waals surface area contributed by atoms with Crippen LogP contribution in [0.25, 0.3) is 0 Å². The molecule has 1 aliphatic carbocycles. The predicted molar refractivity (Wildman–Crippen MR) is 97.3 cm³/mol. The number of carbonyl (C=O) groups is 1. The largest absolute Gasteiger partial charge is 0.497 e. The lowest BCUT2D eigenvalue weighted by Crippen LogP contribution is -2.12. The molecule has 0 fully saturated rings. The molecule has 0 aliphatic heterocycles. The third kappa shape index (κ3) is 3.78. The molecule has 0 heterocycles. The molecule has 1 aliphatic rings. The summed E-state index contributed by atoms with van der Waals surface area (Å²) in [6.45, 7) is 4.00. The Labute approximate surface area is 144 Å². The van der Waals surface area contributed by atoms with Crippen LogP contribution in [0.1, 0.15) is 54.1 Å². The Balaban J connectivity index is 0.00000100. The summed E-state index contributed by atoms with van der Waals surface area (Å²) in [5, 5.41) is 0. The number of hydrogen-bond acceptors (Lipinski definition) is 3. The van der Waals surface area contributed by atoms with Crippen molar-refractivity contribution in [1.29, 1.82) is 0 Å². The first-order valence-corrected chi connectivity index (χ1v) is 8.58. The number of carbonyl (C=O) groups excluding carboxylic acids is 1. The van der Waals surface area contributed by atoms with Crippen LogP contribution < -0.4 is 9.47 Å². The first-order chi connectivity index (χ1) is 11.7. The first-order valence-electron chi connectivity index (χ1n) is 8.58. The molecule has 128 valence electrons. The minimum absolute atomic E-state index is 0.0689. The molecule has 0 N–H and O–H groups in total. The van der Waals surface area contributed by atoms with Crippen LogP contribution in [0.5, 0.6) is 11.5 Å². The van der Waals surface area contributed by atoms with Crippen LogP contribution in [0.4, 0.5) is 0 Å². The van der Waals surface area contributed by atoms with Gasteiger partial charge < -0.3 is 9.47 Å². The Morgan fingerprint density at radius 3 is 2.17 bits per heavy atom. The molecule has 0 saturated carbocycles. The van der Waals surface area contributed by atoms with Gasteiger partial charge in [-0.1, -0.05) is 26.0 Å². The maximum absolute atomic E-state index is 12.9. The standard InChI is InChI=1S/C19H20O3.C2H6/c1-21-15-8-6-13(7-9-15)17-5-3-4-14-12-16(22-2)10-11-18(14)19(17)20;1-2/h6-12,17H,3-5H2,1-2H3;1-2H3. The summed E-state index contributed by atoms with van der Waals surface area (Å²) in [6, 6.07) is 13.6. The maximum atomic E-state index is 12.9. The van der Waals surface area contributed by atoms with Crippen LogP contribution >= 0.6 is 0 Å². The third-order valence-electron chi connectivity index (χ3n) is 4.35. The molecule has 1 unspecified atom stereocenters. The topological polar surface area (TPSA) is 35.5 Å². The van der Waals surface area contributed by atoms with Gasteiger partial charge in [0.25, 0.3) is 0 Å². The number of Topliss-reactive ketones (excluding diaryl/α,β-unsaturated/α-hetero) is 1. The summed E-state index contributed by atoms with van der Waals surface area (Å²) in [6.07, 6.45) is 2.80. The molecule has 0 aromatic heterocycles. The number of methoxy groups -OCH3 is 2. The van der Waals surface area contributed by atoms with Gasteiger partial charge in [0.1, 0.15) is 11.5 Å². The van der Waals surface area contributed by atoms with Crippen molar-refractivity contribution in [3.63, 3.8) is 0 Å². The molecule has 0 bridgehead atoms. The van der Waals surface area contributed by atoms with Gasteiger partial charge in [0.2, 0.25) is 0 Å². The monoisotopic (exact) mass is 326 g/mol. The van der Waals surface area contributed by atoms with Crippen LogP contribution in [0.2, 0.25) is 0 Å². The Morgan fingerprint density at radius 1 is 0.917 bits per heavy atom. The van der Waals surface area contributed by atoms with Crippen molar-refractivity contribution in [2.75, 3.05) is 14.2 Å². The molecule has 0 saturated heterocycles. The second-order valence-corrected chi connectivity index (χ2v) is 5.61. The molecule has 24 heavy (non-hydrogen) atoms. The molecule has 3 heteroatoms. The van der Waals surface area contributed by atoms with Crippen molar-refractivity contribution in [1.82, 2.24) is 0 Å². The highest BCUT2D eigenvalue weighted by molar-refractivity contribution is 6.02. The fraction of sp³-hybridized carbons (Fsp3) is 0.381. The summed E-state index contributed by atoms with van der Waals surface area (Å²) in [7, 11) is 3.30. The summed E-state index contributed by atoms with van der Waals surface area (Å²) < 4.78 is 10.5. The van der Waals surface area contributed by atoms with Crippen LogP contribution in [0, 0.1) is 0 Å². The molecule has 2 aromatic rings. The Bertz CT molecular complexity index is 674. The minimum atomic E-state index is -0.0689. The Kier molecular flexibility index (Phi) is 6.42. The number of fused-ring (bicyclic) bond motifs is 1. The van der Waals surface area contributed by atoms with Gasteiger partial charge in [0, 0.05) is 11.5 Å². The lowest BCUT2D eigenvalue weighted by Gasteiger charge is -2.15. The van der Waals surface area contributed by atoms with Crippen molar-refractivity contribution in [2.45, 2.75) is 39.0 Å². The van der Waals surface area contributed by atoms with E-state index in [2.05, 4.69) is 0 Å². The molecule has 0 radical (unpaired) electrons. The smallest absolute Gasteiger partial charge is 0.170 e. The van der Waals surface area contributed by atoms with E-state index in [0.29, 0.717) is 0 Å². The maximum Gasteiger partial charge on any atom is 0.170 e. The summed E-state index contributed by atoms with van der Waals surface area (Å²) >= 11 is 0. The lowest BCUT2D eigenvalue weighted by molar-refractivity contribution is 0.0957. The van der Waals surface area contributed by atoms with E-state index in [1.54, 1.807) is 14.2 Å². The summed E-state index contributed by atoms with van der Waals surface area (Å²) in [5.41, 5.74) is 2.99. The molecule has 1 atom stereocenters. The average molecular weight is 326 g/mol. The molecule has 3 rings (SSSR count). The normalized spacial score (nSPS) is 16.3. The van der Waals surface area contributed by atoms with E-state index < -0.39 is 0 Å². The van der Waals surface area contributed by atoms with Gasteiger partial charge in [-0.05, 0) is 60.7 Å². The van der Waals surface area contributed by atoms with Crippen LogP contribution in [-0.4, -0.2) is 20.0 Å². The molecule has 2 aromatic carbocycles. The fourth-order valence-corrected chi connectivity index (χ4v) is 3.11. The zero-order chi connectivity index (χ0) is 17.5. The van der Waals surface area contributed by atoms with Gasteiger partial charge in [0.05, 0.1) is 14.2 Å². The number of benzene rings is 2. The van der Waals surface area contributed by atoms with Gasteiger partial charge in [-0.25, -0.2) is 0 Å². The van der Waals surface area contributed by atoms with E-state index in [9.17, 15) is 4.79 Å². The van der Waals surface area contributed by atoms with E-state index in [4.69, 9.17) is 9.47 Å². The van der Waals surface area contributed by atoms with E-state index in [-0.39, 0.29) is 11.7 Å². The van der Waals surface area contributed by atoms with E-state index in [1.807, 2.05) is 56.3 Å². The SMILES string of the molecule is CC.COc1ccc(C2CCCc3cc(OC)ccc3C2=O)cc1. The molecule has 0 spiro atoms. The minimum Gasteiger partial charge on any atom is -0.497 e. The van der Waals surface area contributed by atoms with Crippen molar-refractivity contribution in [3.05, 3.63) is 59.2 Å². The first kappa shape index (κ1) is 18.1. The zero-order valence-corrected chi connectivity index (χ0v) is 15.0. The van der Waals surface area contributed by atoms with E-state index >= 15 is 0 Å². The number of ether oxygens (including phenoxy) is 2. The van der Waals surface area contributed by atoms with Crippen molar-refractivity contribution >= 4 is 5.78 Å². The average Bonchev–Trinajstić information content (AvgIpc) is 2.82. The second kappa shape index (κ2) is 8.53. The Hall–Kier alpha value is -2.29. The van der Waals surface area contributed by atoms with Gasteiger partial charge in [-0.15, -0.1) is 0 Å². The van der Waals surface area contributed by atoms with E-state index in [1.165, 1.54) is 0 Å². The number of rotatable bonds is 3. The van der Waals surface area contributed by atoms with Crippen molar-refractivity contribution in [3.8, 4) is 11.5 Å². The molecule has 3 nitrogen and oxygen atoms in total. The van der Waals surface area contributed by atoms with Gasteiger partial charge in [-0.3, -0.25) is 4.79 Å². The number of aryl methyl sites for hydroxylation is 1. The van der Waals surface area contributed by atoms with Gasteiger partial charge >= 0.3 is 0 Å². The predicted octanol–water partition coefficient (Wildman–Crippen LogP) is 5.03. The van der Waals surface area contributed by atoms with Crippen LogP contribution in [-0.2, 0) is 6.42 Å². The molecule has 0 amide bonds. The zero-order valence-electron chi connectivity index (χ0n) is 15.0. The Morgan fingerprint density at radius 2 is 1.54 bits per heavy atom. The fourth-order valence-electron chi connectivity index (χ4n) is 3.11. The highest BCUT2D eigenvalue weighted by Gasteiger charge is 2.27. The summed E-state index contributed by atoms with van der Waals surface area (Å²) in [4.78, 5) is 12.9. The van der Waals surface area contributed by atoms with Crippen molar-refractivity contribution in [2.24, 2.45) is 0 Å². The summed E-state index contributed by atoms with van der Waals surface area (Å²) in [5.74, 6) is 1.77. The number of ketones is 1. The second-order valence-electron chi connectivity index (χ2n) is 5.61. The third-order valence-corrected chi connectivity index (χ3v) is 4.35. The quantitative estimate of drug-likeness (QED) is 0.742. The van der Waals surface area contributed by atoms with E-state index in [0.717, 1.165) is 47.5 Å². The van der Waals surface area contributed by atoms with Gasteiger partial charge in [0.15, 0.2) is 5.78 Å². The van der Waals surface area contributed by atoms with Crippen molar-refractivity contribution < 1.29 is 14.3 Å². The lowest BCUT2D eigenvalue weighted by atomic mass is 9.88. The van der Waals surface area contributed by atoms with Crippen LogP contribution in [0.3, 0.4) is 0 Å². The van der Waals surface area contributed by atoms with Gasteiger partial charge in [-0.2, -0.15) is 0 Å². The highest BCUT2D eigenvalue weighted by atomic mass is 16.5.